The molecule has 1 aromatic carbocycles. The Morgan fingerprint density at radius 2 is 1.92 bits per heavy atom. The molecule has 5 nitrogen and oxygen atoms in total. The molecule has 3 heterocycles. The fourth-order valence-corrected chi connectivity index (χ4v) is 3.62. The van der Waals surface area contributed by atoms with Crippen molar-refractivity contribution in [2.75, 3.05) is 0 Å². The molecule has 0 fully saturated rings. The van der Waals surface area contributed by atoms with E-state index in [0.717, 1.165) is 38.3 Å². The zero-order chi connectivity index (χ0) is 17.0. The van der Waals surface area contributed by atoms with E-state index >= 15 is 0 Å². The van der Waals surface area contributed by atoms with Crippen LogP contribution in [0.3, 0.4) is 0 Å². The van der Waals surface area contributed by atoms with Crippen LogP contribution in [0.4, 0.5) is 0 Å². The second kappa shape index (κ2) is 5.41. The first-order valence-corrected chi connectivity index (χ1v) is 8.64. The topological polar surface area (TPSA) is 50.5 Å². The van der Waals surface area contributed by atoms with E-state index in [2.05, 4.69) is 29.8 Å². The second-order valence-electron chi connectivity index (χ2n) is 6.21. The van der Waals surface area contributed by atoms with Crippen molar-refractivity contribution in [2.24, 2.45) is 0 Å². The van der Waals surface area contributed by atoms with Crippen molar-refractivity contribution < 1.29 is 4.79 Å². The van der Waals surface area contributed by atoms with Crippen LogP contribution in [0.15, 0.2) is 28.7 Å². The van der Waals surface area contributed by atoms with Gasteiger partial charge in [0.1, 0.15) is 0 Å². The van der Waals surface area contributed by atoms with Crippen molar-refractivity contribution in [1.82, 2.24) is 19.5 Å². The van der Waals surface area contributed by atoms with Crippen molar-refractivity contribution in [1.29, 1.82) is 0 Å². The Bertz CT molecular complexity index is 992. The summed E-state index contributed by atoms with van der Waals surface area (Å²) in [6.07, 6.45) is 0. The fourth-order valence-electron chi connectivity index (χ4n) is 3.16. The first kappa shape index (κ1) is 15.3. The van der Waals surface area contributed by atoms with Crippen molar-refractivity contribution >= 4 is 27.5 Å². The number of amides is 1. The largest absolute Gasteiger partial charge is 0.328 e. The first-order valence-electron chi connectivity index (χ1n) is 7.85. The van der Waals surface area contributed by atoms with Crippen molar-refractivity contribution in [3.8, 4) is 0 Å². The van der Waals surface area contributed by atoms with Crippen molar-refractivity contribution in [2.45, 2.75) is 33.9 Å². The molecule has 1 amide bonds. The maximum atomic E-state index is 12.8. The Balaban J connectivity index is 1.73. The van der Waals surface area contributed by atoms with Crippen LogP contribution in [0.1, 0.15) is 38.6 Å². The molecule has 1 aliphatic heterocycles. The zero-order valence-corrected chi connectivity index (χ0v) is 15.4. The van der Waals surface area contributed by atoms with Crippen LogP contribution in [0.25, 0.3) is 5.65 Å². The molecule has 2 aromatic heterocycles. The summed E-state index contributed by atoms with van der Waals surface area (Å²) >= 11 is 3.46. The molecule has 24 heavy (non-hydrogen) atoms. The van der Waals surface area contributed by atoms with Gasteiger partial charge in [0, 0.05) is 21.4 Å². The van der Waals surface area contributed by atoms with Gasteiger partial charge in [0.05, 0.1) is 24.3 Å². The minimum Gasteiger partial charge on any atom is -0.328 e. The molecule has 122 valence electrons. The third kappa shape index (κ3) is 2.17. The summed E-state index contributed by atoms with van der Waals surface area (Å²) in [7, 11) is 0. The molecule has 3 aromatic rings. The SMILES string of the molecule is Cc1nc2c3c(nn2c(C)c1C)CN(C(=O)c1ccccc1Br)C3. The highest BCUT2D eigenvalue weighted by Crippen LogP contribution is 2.29. The third-order valence-electron chi connectivity index (χ3n) is 4.80. The number of carbonyl (C=O) groups is 1. The number of hydrogen-bond acceptors (Lipinski definition) is 3. The third-order valence-corrected chi connectivity index (χ3v) is 5.49. The molecule has 0 atom stereocenters. The predicted molar refractivity (Wildman–Crippen MR) is 94.9 cm³/mol. The first-order chi connectivity index (χ1) is 11.5. The van der Waals surface area contributed by atoms with E-state index < -0.39 is 0 Å². The van der Waals surface area contributed by atoms with Crippen LogP contribution >= 0.6 is 15.9 Å². The minimum absolute atomic E-state index is 0.0131. The molecule has 0 saturated carbocycles. The molecule has 0 radical (unpaired) electrons. The number of aryl methyl sites for hydroxylation is 2. The van der Waals surface area contributed by atoms with Gasteiger partial charge < -0.3 is 4.90 Å². The molecule has 6 heteroatoms. The molecular formula is C18H17BrN4O. The standard InChI is InChI=1S/C18H17BrN4O/c1-10-11(2)20-17-14-8-22(9-16(14)21-23(17)12(10)3)18(24)13-6-4-5-7-15(13)19/h4-7H,8-9H2,1-3H3. The van der Waals surface area contributed by atoms with E-state index in [1.807, 2.05) is 40.6 Å². The molecule has 0 N–H and O–H groups in total. The van der Waals surface area contributed by atoms with E-state index in [4.69, 9.17) is 10.1 Å². The maximum absolute atomic E-state index is 12.8. The van der Waals surface area contributed by atoms with Gasteiger partial charge in [-0.15, -0.1) is 0 Å². The number of hydrogen-bond donors (Lipinski definition) is 0. The molecule has 0 spiro atoms. The molecule has 1 aliphatic rings. The molecule has 0 saturated heterocycles. The van der Waals surface area contributed by atoms with Gasteiger partial charge in [0.15, 0.2) is 5.65 Å². The maximum Gasteiger partial charge on any atom is 0.255 e. The molecule has 0 bridgehead atoms. The fraction of sp³-hybridized carbons (Fsp3) is 0.278. The lowest BCUT2D eigenvalue weighted by molar-refractivity contribution is 0.0749. The smallest absolute Gasteiger partial charge is 0.255 e. The van der Waals surface area contributed by atoms with Crippen LogP contribution in [0, 0.1) is 20.8 Å². The Hall–Kier alpha value is -2.21. The summed E-state index contributed by atoms with van der Waals surface area (Å²) in [6.45, 7) is 7.21. The number of fused-ring (bicyclic) bond motifs is 3. The van der Waals surface area contributed by atoms with Crippen molar-refractivity contribution in [3.63, 3.8) is 0 Å². The molecular weight excluding hydrogens is 368 g/mol. The monoisotopic (exact) mass is 384 g/mol. The molecule has 0 aliphatic carbocycles. The average Bonchev–Trinajstić information content (AvgIpc) is 3.12. The Kier molecular flexibility index (Phi) is 3.46. The summed E-state index contributed by atoms with van der Waals surface area (Å²) < 4.78 is 2.72. The summed E-state index contributed by atoms with van der Waals surface area (Å²) in [5, 5.41) is 4.69. The number of nitrogens with zero attached hydrogens (tertiary/aromatic N) is 4. The summed E-state index contributed by atoms with van der Waals surface area (Å²) in [6, 6.07) is 7.51. The molecule has 0 unspecified atom stereocenters. The summed E-state index contributed by atoms with van der Waals surface area (Å²) in [5.74, 6) is 0.0131. The zero-order valence-electron chi connectivity index (χ0n) is 13.8. The van der Waals surface area contributed by atoms with Gasteiger partial charge in [0.25, 0.3) is 5.91 Å². The van der Waals surface area contributed by atoms with Gasteiger partial charge >= 0.3 is 0 Å². The van der Waals surface area contributed by atoms with Gasteiger partial charge in [0.2, 0.25) is 0 Å². The van der Waals surface area contributed by atoms with Crippen LogP contribution in [-0.2, 0) is 13.1 Å². The minimum atomic E-state index is 0.0131. The van der Waals surface area contributed by atoms with Crippen LogP contribution in [-0.4, -0.2) is 25.4 Å². The Morgan fingerprint density at radius 3 is 2.67 bits per heavy atom. The highest BCUT2D eigenvalue weighted by molar-refractivity contribution is 9.10. The summed E-state index contributed by atoms with van der Waals surface area (Å²) in [4.78, 5) is 19.3. The lowest BCUT2D eigenvalue weighted by Crippen LogP contribution is -2.26. The predicted octanol–water partition coefficient (Wildman–Crippen LogP) is 3.57. The van der Waals surface area contributed by atoms with Crippen LogP contribution in [0.2, 0.25) is 0 Å². The van der Waals surface area contributed by atoms with Gasteiger partial charge in [-0.3, -0.25) is 4.79 Å². The van der Waals surface area contributed by atoms with Crippen LogP contribution in [0.5, 0.6) is 0 Å². The highest BCUT2D eigenvalue weighted by Gasteiger charge is 2.30. The lowest BCUT2D eigenvalue weighted by atomic mass is 10.2. The molecule has 4 rings (SSSR count). The Labute approximate surface area is 148 Å². The number of carbonyl (C=O) groups excluding carboxylic acids is 1. The van der Waals surface area contributed by atoms with E-state index in [1.54, 1.807) is 0 Å². The number of benzene rings is 1. The number of aromatic nitrogens is 3. The van der Waals surface area contributed by atoms with Crippen molar-refractivity contribution in [3.05, 3.63) is 62.5 Å². The van der Waals surface area contributed by atoms with Gasteiger partial charge in [-0.1, -0.05) is 12.1 Å². The summed E-state index contributed by atoms with van der Waals surface area (Å²) in [5.41, 5.74) is 6.82. The van der Waals surface area contributed by atoms with Gasteiger partial charge in [-0.05, 0) is 54.4 Å². The quantitative estimate of drug-likeness (QED) is 0.644. The normalized spacial score (nSPS) is 13.6. The lowest BCUT2D eigenvalue weighted by Gasteiger charge is -2.17. The van der Waals surface area contributed by atoms with E-state index in [9.17, 15) is 4.79 Å². The van der Waals surface area contributed by atoms with Gasteiger partial charge in [-0.25, -0.2) is 9.50 Å². The van der Waals surface area contributed by atoms with E-state index in [0.29, 0.717) is 18.7 Å². The second-order valence-corrected chi connectivity index (χ2v) is 7.06. The highest BCUT2D eigenvalue weighted by atomic mass is 79.9. The Morgan fingerprint density at radius 1 is 1.17 bits per heavy atom. The van der Waals surface area contributed by atoms with E-state index in [1.165, 1.54) is 0 Å². The van der Waals surface area contributed by atoms with Crippen LogP contribution < -0.4 is 0 Å². The number of rotatable bonds is 1. The van der Waals surface area contributed by atoms with E-state index in [-0.39, 0.29) is 5.91 Å². The van der Waals surface area contributed by atoms with Gasteiger partial charge in [-0.2, -0.15) is 5.10 Å². The number of halogens is 1. The average molecular weight is 385 g/mol.